The average Bonchev–Trinajstić information content (AvgIpc) is 2.79. The van der Waals surface area contributed by atoms with Crippen LogP contribution in [0.1, 0.15) is 18.3 Å². The molecule has 0 radical (unpaired) electrons. The molecule has 2 aromatic rings. The summed E-state index contributed by atoms with van der Waals surface area (Å²) >= 11 is 1.40. The highest BCUT2D eigenvalue weighted by Crippen LogP contribution is 2.23. The maximum atomic E-state index is 11.5. The second-order valence-electron chi connectivity index (χ2n) is 4.39. The van der Waals surface area contributed by atoms with Crippen LogP contribution in [-0.2, 0) is 4.79 Å². The summed E-state index contributed by atoms with van der Waals surface area (Å²) in [6.07, 6.45) is 0. The highest BCUT2D eigenvalue weighted by molar-refractivity contribution is 7.99. The van der Waals surface area contributed by atoms with E-state index in [9.17, 15) is 4.79 Å². The minimum atomic E-state index is 0.00878. The number of carbonyl (C=O) groups is 1. The lowest BCUT2D eigenvalue weighted by Gasteiger charge is -2.10. The first-order valence-corrected chi connectivity index (χ1v) is 7.49. The van der Waals surface area contributed by atoms with Gasteiger partial charge in [-0.2, -0.15) is 0 Å². The minimum absolute atomic E-state index is 0.00878. The van der Waals surface area contributed by atoms with Gasteiger partial charge in [0.2, 0.25) is 5.91 Å². The first-order valence-electron chi connectivity index (χ1n) is 6.51. The highest BCUT2D eigenvalue weighted by Gasteiger charge is 2.14. The number of benzene rings is 1. The third-order valence-electron chi connectivity index (χ3n) is 2.86. The fraction of sp³-hybridized carbons (Fsp3) is 0.357. The second-order valence-corrected chi connectivity index (χ2v) is 5.34. The maximum absolute atomic E-state index is 11.5. The smallest absolute Gasteiger partial charge is 0.230 e. The van der Waals surface area contributed by atoms with Crippen LogP contribution < -0.4 is 5.32 Å². The summed E-state index contributed by atoms with van der Waals surface area (Å²) in [5.74, 6) is 1.17. The van der Waals surface area contributed by atoms with Crippen molar-refractivity contribution in [2.45, 2.75) is 25.9 Å². The lowest BCUT2D eigenvalue weighted by atomic mass is 10.2. The van der Waals surface area contributed by atoms with E-state index >= 15 is 0 Å². The predicted octanol–water partition coefficient (Wildman–Crippen LogP) is 2.11. The standard InChI is InChI=1S/C14H18N4OS/c1-4-15-13(19)9-20-14-17-16-11(3)18(14)12-8-6-5-7-10(12)2/h5-8H,4,9H2,1-3H3,(H,15,19). The van der Waals surface area contributed by atoms with Gasteiger partial charge in [-0.3, -0.25) is 9.36 Å². The van der Waals surface area contributed by atoms with E-state index in [4.69, 9.17) is 0 Å². The van der Waals surface area contributed by atoms with Crippen LogP contribution in [0.2, 0.25) is 0 Å². The zero-order valence-electron chi connectivity index (χ0n) is 11.9. The third-order valence-corrected chi connectivity index (χ3v) is 3.79. The molecule has 1 N–H and O–H groups in total. The van der Waals surface area contributed by atoms with Crippen LogP contribution >= 0.6 is 11.8 Å². The molecular weight excluding hydrogens is 272 g/mol. The summed E-state index contributed by atoms with van der Waals surface area (Å²) in [4.78, 5) is 11.5. The molecule has 0 spiro atoms. The number of nitrogens with one attached hydrogen (secondary N) is 1. The fourth-order valence-electron chi connectivity index (χ4n) is 1.91. The van der Waals surface area contributed by atoms with Crippen molar-refractivity contribution in [3.05, 3.63) is 35.7 Å². The topological polar surface area (TPSA) is 59.8 Å². The van der Waals surface area contributed by atoms with Gasteiger partial charge in [0.15, 0.2) is 5.16 Å². The Morgan fingerprint density at radius 2 is 2.05 bits per heavy atom. The summed E-state index contributed by atoms with van der Waals surface area (Å²) < 4.78 is 1.99. The molecule has 106 valence electrons. The second kappa shape index (κ2) is 6.56. The first kappa shape index (κ1) is 14.6. The maximum Gasteiger partial charge on any atom is 0.230 e. The van der Waals surface area contributed by atoms with Gasteiger partial charge in [0.25, 0.3) is 0 Å². The van der Waals surface area contributed by atoms with Crippen molar-refractivity contribution >= 4 is 17.7 Å². The van der Waals surface area contributed by atoms with Gasteiger partial charge in [-0.15, -0.1) is 10.2 Å². The van der Waals surface area contributed by atoms with Crippen LogP contribution in [0.3, 0.4) is 0 Å². The summed E-state index contributed by atoms with van der Waals surface area (Å²) in [6.45, 7) is 6.51. The molecule has 0 unspecified atom stereocenters. The Morgan fingerprint density at radius 3 is 2.75 bits per heavy atom. The number of amides is 1. The number of carbonyl (C=O) groups excluding carboxylic acids is 1. The van der Waals surface area contributed by atoms with Crippen LogP contribution in [0.4, 0.5) is 0 Å². The quantitative estimate of drug-likeness (QED) is 0.857. The molecule has 20 heavy (non-hydrogen) atoms. The molecule has 0 aliphatic carbocycles. The van der Waals surface area contributed by atoms with Gasteiger partial charge in [0.05, 0.1) is 11.4 Å². The number of nitrogens with zero attached hydrogens (tertiary/aromatic N) is 3. The van der Waals surface area contributed by atoms with Crippen molar-refractivity contribution in [3.63, 3.8) is 0 Å². The lowest BCUT2D eigenvalue weighted by Crippen LogP contribution is -2.24. The van der Waals surface area contributed by atoms with E-state index in [1.165, 1.54) is 11.8 Å². The molecule has 0 fully saturated rings. The van der Waals surface area contributed by atoms with Crippen molar-refractivity contribution in [2.75, 3.05) is 12.3 Å². The largest absolute Gasteiger partial charge is 0.356 e. The third kappa shape index (κ3) is 3.19. The number of hydrogen-bond acceptors (Lipinski definition) is 4. The van der Waals surface area contributed by atoms with Crippen LogP contribution in [-0.4, -0.2) is 33.0 Å². The Balaban J connectivity index is 2.24. The van der Waals surface area contributed by atoms with Crippen LogP contribution in [0, 0.1) is 13.8 Å². The molecule has 1 amide bonds. The Hall–Kier alpha value is -1.82. The number of aryl methyl sites for hydroxylation is 2. The van der Waals surface area contributed by atoms with Crippen molar-refractivity contribution in [2.24, 2.45) is 0 Å². The van der Waals surface area contributed by atoms with Crippen molar-refractivity contribution in [1.29, 1.82) is 0 Å². The number of rotatable bonds is 5. The van der Waals surface area contributed by atoms with Crippen LogP contribution in [0.25, 0.3) is 5.69 Å². The SMILES string of the molecule is CCNC(=O)CSc1nnc(C)n1-c1ccccc1C. The van der Waals surface area contributed by atoms with E-state index in [2.05, 4.69) is 15.5 Å². The lowest BCUT2D eigenvalue weighted by molar-refractivity contribution is -0.118. The van der Waals surface area contributed by atoms with Crippen molar-refractivity contribution in [1.82, 2.24) is 20.1 Å². The van der Waals surface area contributed by atoms with Crippen molar-refractivity contribution in [3.8, 4) is 5.69 Å². The van der Waals surface area contributed by atoms with Gasteiger partial charge in [-0.1, -0.05) is 30.0 Å². The van der Waals surface area contributed by atoms with E-state index in [1.54, 1.807) is 0 Å². The monoisotopic (exact) mass is 290 g/mol. The summed E-state index contributed by atoms with van der Waals surface area (Å²) in [6, 6.07) is 8.06. The molecule has 1 aromatic heterocycles. The number of thioether (sulfide) groups is 1. The highest BCUT2D eigenvalue weighted by atomic mass is 32.2. The van der Waals surface area contributed by atoms with Gasteiger partial charge in [0.1, 0.15) is 5.82 Å². The van der Waals surface area contributed by atoms with Gasteiger partial charge in [-0.05, 0) is 32.4 Å². The van der Waals surface area contributed by atoms with Gasteiger partial charge in [-0.25, -0.2) is 0 Å². The van der Waals surface area contributed by atoms with Gasteiger partial charge < -0.3 is 5.32 Å². The van der Waals surface area contributed by atoms with Crippen LogP contribution in [0.15, 0.2) is 29.4 Å². The van der Waals surface area contributed by atoms with E-state index in [0.717, 1.165) is 22.2 Å². The number of aromatic nitrogens is 3. The molecule has 1 heterocycles. The molecule has 0 aliphatic rings. The van der Waals surface area contributed by atoms with E-state index in [-0.39, 0.29) is 5.91 Å². The predicted molar refractivity (Wildman–Crippen MR) is 80.2 cm³/mol. The molecular formula is C14H18N4OS. The van der Waals surface area contributed by atoms with E-state index in [0.29, 0.717) is 12.3 Å². The number of para-hydroxylation sites is 1. The summed E-state index contributed by atoms with van der Waals surface area (Å²) in [5, 5.41) is 11.8. The van der Waals surface area contributed by atoms with Crippen molar-refractivity contribution < 1.29 is 4.79 Å². The zero-order valence-corrected chi connectivity index (χ0v) is 12.7. The fourth-order valence-corrected chi connectivity index (χ4v) is 2.73. The Labute approximate surface area is 122 Å². The molecule has 0 aliphatic heterocycles. The Bertz CT molecular complexity index is 609. The Morgan fingerprint density at radius 1 is 1.30 bits per heavy atom. The normalized spacial score (nSPS) is 10.6. The summed E-state index contributed by atoms with van der Waals surface area (Å²) in [7, 11) is 0. The van der Waals surface area contributed by atoms with E-state index in [1.807, 2.05) is 49.6 Å². The molecule has 0 atom stereocenters. The molecule has 5 nitrogen and oxygen atoms in total. The summed E-state index contributed by atoms with van der Waals surface area (Å²) in [5.41, 5.74) is 2.20. The minimum Gasteiger partial charge on any atom is -0.356 e. The molecule has 1 aromatic carbocycles. The average molecular weight is 290 g/mol. The molecule has 6 heteroatoms. The van der Waals surface area contributed by atoms with Crippen LogP contribution in [0.5, 0.6) is 0 Å². The molecule has 0 saturated carbocycles. The molecule has 0 saturated heterocycles. The molecule has 2 rings (SSSR count). The first-order chi connectivity index (χ1) is 9.63. The van der Waals surface area contributed by atoms with E-state index < -0.39 is 0 Å². The zero-order chi connectivity index (χ0) is 14.5. The van der Waals surface area contributed by atoms with Gasteiger partial charge in [0, 0.05) is 6.54 Å². The van der Waals surface area contributed by atoms with Gasteiger partial charge >= 0.3 is 0 Å². The Kier molecular flexibility index (Phi) is 4.79. The molecule has 0 bridgehead atoms. The number of hydrogen-bond donors (Lipinski definition) is 1.